The van der Waals surface area contributed by atoms with Gasteiger partial charge in [-0.1, -0.05) is 18.2 Å². The van der Waals surface area contributed by atoms with E-state index in [9.17, 15) is 23.3 Å². The number of aromatic nitrogens is 2. The maximum atomic E-state index is 12.5. The monoisotopic (exact) mass is 374 g/mol. The number of benzene rings is 1. The molecule has 0 fully saturated rings. The Hall–Kier alpha value is -3.27. The Morgan fingerprint density at radius 1 is 1.23 bits per heavy atom. The van der Waals surface area contributed by atoms with Crippen molar-refractivity contribution in [2.45, 2.75) is 11.7 Å². The van der Waals surface area contributed by atoms with Gasteiger partial charge in [-0.2, -0.15) is 0 Å². The number of imidazole rings is 1. The van der Waals surface area contributed by atoms with Gasteiger partial charge in [-0.3, -0.25) is 19.3 Å². The first-order valence-electron chi connectivity index (χ1n) is 7.46. The largest absolute Gasteiger partial charge is 0.347 e. The maximum absolute atomic E-state index is 12.5. The summed E-state index contributed by atoms with van der Waals surface area (Å²) in [6.45, 7) is 0.122. The van der Waals surface area contributed by atoms with Gasteiger partial charge in [0, 0.05) is 31.1 Å². The first-order chi connectivity index (χ1) is 12.3. The van der Waals surface area contributed by atoms with Crippen LogP contribution in [-0.4, -0.2) is 34.9 Å². The van der Waals surface area contributed by atoms with E-state index >= 15 is 0 Å². The molecule has 3 aromatic rings. The molecule has 0 saturated carbocycles. The van der Waals surface area contributed by atoms with Crippen LogP contribution in [0.5, 0.6) is 0 Å². The molecule has 0 saturated heterocycles. The maximum Gasteiger partial charge on any atom is 0.272 e. The molecular weight excluding hydrogens is 360 g/mol. The number of non-ortho nitro benzene ring substituents is 1. The van der Waals surface area contributed by atoms with Crippen LogP contribution in [0.15, 0.2) is 53.8 Å². The van der Waals surface area contributed by atoms with E-state index in [0.717, 1.165) is 6.26 Å². The predicted octanol–water partition coefficient (Wildman–Crippen LogP) is 1.58. The van der Waals surface area contributed by atoms with Crippen LogP contribution in [0.2, 0.25) is 0 Å². The third-order valence-corrected chi connectivity index (χ3v) is 4.61. The number of fused-ring (bicyclic) bond motifs is 1. The Labute approximate surface area is 148 Å². The lowest BCUT2D eigenvalue weighted by molar-refractivity contribution is -0.384. The van der Waals surface area contributed by atoms with Gasteiger partial charge in [0.1, 0.15) is 0 Å². The molecule has 26 heavy (non-hydrogen) atoms. The van der Waals surface area contributed by atoms with E-state index in [1.807, 2.05) is 0 Å². The van der Waals surface area contributed by atoms with Crippen molar-refractivity contribution in [3.63, 3.8) is 0 Å². The first kappa shape index (κ1) is 17.5. The molecule has 3 rings (SSSR count). The lowest BCUT2D eigenvalue weighted by Gasteiger charge is -2.04. The molecule has 0 aliphatic carbocycles. The topological polar surface area (TPSA) is 124 Å². The van der Waals surface area contributed by atoms with Gasteiger partial charge in [0.2, 0.25) is 15.0 Å². The average molecular weight is 374 g/mol. The Balaban J connectivity index is 1.85. The Morgan fingerprint density at radius 3 is 2.54 bits per heavy atom. The van der Waals surface area contributed by atoms with Gasteiger partial charge in [0.25, 0.3) is 11.6 Å². The number of hydrogen-bond donors (Lipinski definition) is 1. The molecule has 2 heterocycles. The second kappa shape index (κ2) is 6.56. The van der Waals surface area contributed by atoms with Crippen LogP contribution < -0.4 is 5.32 Å². The highest BCUT2D eigenvalue weighted by atomic mass is 32.2. The fourth-order valence-corrected chi connectivity index (χ4v) is 3.21. The summed E-state index contributed by atoms with van der Waals surface area (Å²) in [5, 5.41) is 13.1. The zero-order valence-corrected chi connectivity index (χ0v) is 14.4. The number of nitro groups is 1. The number of rotatable bonds is 5. The molecule has 0 radical (unpaired) electrons. The van der Waals surface area contributed by atoms with Gasteiger partial charge in [0.15, 0.2) is 5.69 Å². The van der Waals surface area contributed by atoms with Gasteiger partial charge >= 0.3 is 0 Å². The molecule has 0 bridgehead atoms. The molecule has 0 aliphatic rings. The van der Waals surface area contributed by atoms with Crippen LogP contribution in [0.3, 0.4) is 0 Å². The summed E-state index contributed by atoms with van der Waals surface area (Å²) in [5.74, 6) is -0.540. The summed E-state index contributed by atoms with van der Waals surface area (Å²) in [6.07, 6.45) is 2.54. The van der Waals surface area contributed by atoms with Crippen LogP contribution in [-0.2, 0) is 16.4 Å². The van der Waals surface area contributed by atoms with Gasteiger partial charge < -0.3 is 5.32 Å². The van der Waals surface area contributed by atoms with E-state index in [1.165, 1.54) is 34.9 Å². The second-order valence-corrected chi connectivity index (χ2v) is 7.49. The van der Waals surface area contributed by atoms with Crippen LogP contribution in [0, 0.1) is 10.1 Å². The Kier molecular flexibility index (Phi) is 4.43. The standard InChI is InChI=1S/C16H14N4O5S/c1-26(24,25)16-18-14(13-4-2-3-9-19(13)16)15(21)17-10-11-5-7-12(8-6-11)20(22)23/h2-9H,10H2,1H3,(H,17,21). The van der Waals surface area contributed by atoms with Crippen molar-refractivity contribution in [2.24, 2.45) is 0 Å². The van der Waals surface area contributed by atoms with Crippen molar-refractivity contribution in [3.05, 3.63) is 70.0 Å². The van der Waals surface area contributed by atoms with Crippen LogP contribution in [0.4, 0.5) is 5.69 Å². The number of amides is 1. The third kappa shape index (κ3) is 3.40. The second-order valence-electron chi connectivity index (χ2n) is 5.58. The SMILES string of the molecule is CS(=O)(=O)c1nc(C(=O)NCc2ccc([N+](=O)[O-])cc2)c2ccccn12. The van der Waals surface area contributed by atoms with E-state index in [2.05, 4.69) is 10.3 Å². The van der Waals surface area contributed by atoms with Crippen LogP contribution in [0.1, 0.15) is 16.1 Å². The number of sulfone groups is 1. The van der Waals surface area contributed by atoms with Crippen molar-refractivity contribution >= 4 is 26.9 Å². The lowest BCUT2D eigenvalue weighted by atomic mass is 10.2. The predicted molar refractivity (Wildman–Crippen MR) is 92.6 cm³/mol. The zero-order valence-electron chi connectivity index (χ0n) is 13.6. The zero-order chi connectivity index (χ0) is 18.9. The van der Waals surface area contributed by atoms with E-state index in [1.54, 1.807) is 18.2 Å². The molecule has 0 spiro atoms. The number of nitrogens with zero attached hydrogens (tertiary/aromatic N) is 3. The van der Waals surface area contributed by atoms with Crippen molar-refractivity contribution in [3.8, 4) is 0 Å². The van der Waals surface area contributed by atoms with E-state index in [0.29, 0.717) is 11.1 Å². The highest BCUT2D eigenvalue weighted by Crippen LogP contribution is 2.17. The minimum atomic E-state index is -3.61. The number of hydrogen-bond acceptors (Lipinski definition) is 6. The Morgan fingerprint density at radius 2 is 1.92 bits per heavy atom. The van der Waals surface area contributed by atoms with Crippen molar-refractivity contribution in [2.75, 3.05) is 6.26 Å². The summed E-state index contributed by atoms with van der Waals surface area (Å²) in [4.78, 5) is 26.6. The molecule has 10 heteroatoms. The van der Waals surface area contributed by atoms with Gasteiger partial charge in [-0.15, -0.1) is 0 Å². The van der Waals surface area contributed by atoms with Crippen LogP contribution in [0.25, 0.3) is 5.52 Å². The van der Waals surface area contributed by atoms with E-state index < -0.39 is 20.7 Å². The smallest absolute Gasteiger partial charge is 0.272 e. The van der Waals surface area contributed by atoms with Crippen LogP contribution >= 0.6 is 0 Å². The molecule has 1 aromatic carbocycles. The molecule has 1 amide bonds. The fraction of sp³-hybridized carbons (Fsp3) is 0.125. The number of carbonyl (C=O) groups is 1. The highest BCUT2D eigenvalue weighted by Gasteiger charge is 2.22. The number of carbonyl (C=O) groups excluding carboxylic acids is 1. The van der Waals surface area contributed by atoms with Gasteiger partial charge in [0.05, 0.1) is 10.4 Å². The summed E-state index contributed by atoms with van der Waals surface area (Å²) < 4.78 is 25.1. The molecule has 134 valence electrons. The number of pyridine rings is 1. The van der Waals surface area contributed by atoms with Crippen molar-refractivity contribution < 1.29 is 18.1 Å². The lowest BCUT2D eigenvalue weighted by Crippen LogP contribution is -2.23. The van der Waals surface area contributed by atoms with Crippen molar-refractivity contribution in [1.82, 2.24) is 14.7 Å². The molecule has 0 aliphatic heterocycles. The van der Waals surface area contributed by atoms with Gasteiger partial charge in [-0.25, -0.2) is 13.4 Å². The van der Waals surface area contributed by atoms with E-state index in [-0.39, 0.29) is 23.1 Å². The normalized spacial score (nSPS) is 11.4. The molecule has 9 nitrogen and oxygen atoms in total. The molecular formula is C16H14N4O5S. The summed E-state index contributed by atoms with van der Waals surface area (Å²) in [6, 6.07) is 10.7. The van der Waals surface area contributed by atoms with E-state index in [4.69, 9.17) is 0 Å². The van der Waals surface area contributed by atoms with Crippen molar-refractivity contribution in [1.29, 1.82) is 0 Å². The summed E-state index contributed by atoms with van der Waals surface area (Å²) >= 11 is 0. The summed E-state index contributed by atoms with van der Waals surface area (Å²) in [7, 11) is -3.61. The minimum absolute atomic E-state index is 0.00654. The van der Waals surface area contributed by atoms with Gasteiger partial charge in [-0.05, 0) is 17.7 Å². The molecule has 2 aromatic heterocycles. The average Bonchev–Trinajstić information content (AvgIpc) is 3.00. The first-order valence-corrected chi connectivity index (χ1v) is 9.35. The fourth-order valence-electron chi connectivity index (χ4n) is 2.44. The number of nitro benzene ring substituents is 1. The molecule has 1 N–H and O–H groups in total. The third-order valence-electron chi connectivity index (χ3n) is 3.66. The Bertz CT molecular complexity index is 1100. The molecule has 0 unspecified atom stereocenters. The summed E-state index contributed by atoms with van der Waals surface area (Å²) in [5.41, 5.74) is 0.982. The quantitative estimate of drug-likeness (QED) is 0.534. The molecule has 0 atom stereocenters. The highest BCUT2D eigenvalue weighted by molar-refractivity contribution is 7.90. The minimum Gasteiger partial charge on any atom is -0.347 e. The number of nitrogens with one attached hydrogen (secondary N) is 1.